The third-order valence-electron chi connectivity index (χ3n) is 11.3. The minimum absolute atomic E-state index is 0.00784. The van der Waals surface area contributed by atoms with Crippen molar-refractivity contribution in [3.05, 3.63) is 58.4 Å². The maximum atomic E-state index is 17.2. The number of alkyl halides is 1. The molecule has 0 radical (unpaired) electrons. The van der Waals surface area contributed by atoms with Crippen molar-refractivity contribution in [1.29, 1.82) is 0 Å². The molecule has 1 amide bonds. The number of fused-ring (bicyclic) bond motifs is 3. The van der Waals surface area contributed by atoms with Gasteiger partial charge in [0, 0.05) is 48.9 Å². The Morgan fingerprint density at radius 1 is 1.21 bits per heavy atom. The number of hydrogen-bond acceptors (Lipinski definition) is 10. The summed E-state index contributed by atoms with van der Waals surface area (Å²) < 4.78 is 54.4. The van der Waals surface area contributed by atoms with Crippen molar-refractivity contribution in [2.24, 2.45) is 0 Å². The first-order valence-corrected chi connectivity index (χ1v) is 18.3. The molecule has 0 aliphatic carbocycles. The number of likely N-dealkylation sites (tertiary alicyclic amines) is 1. The average Bonchev–Trinajstić information content (AvgIpc) is 3.93. The SMILES string of the molecule is [C-]#[N+]c1c(N)sc2c(F)ccc(-c3c(Cl)cc4c(N5CC[C@@]6(CCN6C(=O)n6cnc(C)n6)C5)nc(OC[C@@]56CCCN5C[C@H](F)C6)nc4c3F)c12. The Bertz CT molecular complexity index is 2360. The molecule has 9 rings (SSSR count). The molecular formula is C35H32ClF3N10O2S. The Hall–Kier alpha value is -4.72. The molecule has 4 aliphatic heterocycles. The summed E-state index contributed by atoms with van der Waals surface area (Å²) in [7, 11) is 0. The molecule has 12 nitrogen and oxygen atoms in total. The zero-order valence-electron chi connectivity index (χ0n) is 28.0. The molecule has 4 fully saturated rings. The topological polar surface area (TPSA) is 123 Å². The van der Waals surface area contributed by atoms with E-state index < -0.39 is 28.9 Å². The number of aryl methyl sites for hydroxylation is 1. The monoisotopic (exact) mass is 748 g/mol. The summed E-state index contributed by atoms with van der Waals surface area (Å²) in [4.78, 5) is 36.4. The van der Waals surface area contributed by atoms with Gasteiger partial charge in [0.1, 0.15) is 42.1 Å². The van der Waals surface area contributed by atoms with E-state index in [1.165, 1.54) is 23.1 Å². The van der Waals surface area contributed by atoms with E-state index >= 15 is 4.39 Å². The van der Waals surface area contributed by atoms with Gasteiger partial charge >= 0.3 is 12.0 Å². The lowest BCUT2D eigenvalue weighted by molar-refractivity contribution is 0.0399. The lowest BCUT2D eigenvalue weighted by Crippen LogP contribution is -2.64. The van der Waals surface area contributed by atoms with Gasteiger partial charge in [0.05, 0.1) is 32.4 Å². The standard InChI is InChI=1S/C35H32ClF3N10O2S/c1-18-42-17-49(45-18)33(50)48-11-8-34(48)7-10-46(15-34)31-21-12-22(36)24(20-4-5-23(38)29-25(20)28(41-2)30(40)52-29)26(39)27(21)43-32(44-31)51-16-35-6-3-9-47(35)14-19(37)13-35/h4-5,12,17,19H,3,6-11,13-16,40H2,1H3/t19-,34-,35+/m1/s1. The van der Waals surface area contributed by atoms with Crippen LogP contribution in [0.5, 0.6) is 6.01 Å². The molecule has 17 heteroatoms. The molecule has 4 saturated heterocycles. The molecule has 5 aromatic rings. The number of aromatic nitrogens is 5. The number of amides is 1. The van der Waals surface area contributed by atoms with Crippen molar-refractivity contribution in [3.8, 4) is 17.1 Å². The van der Waals surface area contributed by atoms with Crippen LogP contribution in [0.1, 0.15) is 37.9 Å². The van der Waals surface area contributed by atoms with Gasteiger partial charge in [-0.15, -0.1) is 16.4 Å². The number of nitrogens with zero attached hydrogens (tertiary/aromatic N) is 9. The molecule has 4 aliphatic rings. The second-order valence-electron chi connectivity index (χ2n) is 14.2. The number of ether oxygens (including phenoxy) is 1. The van der Waals surface area contributed by atoms with Gasteiger partial charge in [-0.05, 0) is 56.8 Å². The van der Waals surface area contributed by atoms with Crippen molar-refractivity contribution in [3.63, 3.8) is 0 Å². The van der Waals surface area contributed by atoms with E-state index in [1.54, 1.807) is 17.9 Å². The van der Waals surface area contributed by atoms with Gasteiger partial charge in [-0.2, -0.15) is 14.6 Å². The summed E-state index contributed by atoms with van der Waals surface area (Å²) in [6.45, 7) is 12.1. The van der Waals surface area contributed by atoms with Crippen molar-refractivity contribution < 1.29 is 22.7 Å². The Morgan fingerprint density at radius 2 is 2.04 bits per heavy atom. The predicted octanol–water partition coefficient (Wildman–Crippen LogP) is 6.75. The van der Waals surface area contributed by atoms with Crippen LogP contribution >= 0.6 is 22.9 Å². The fraction of sp³-hybridized carbons (Fsp3) is 0.429. The molecule has 1 spiro atoms. The smallest absolute Gasteiger partial charge is 0.346 e. The lowest BCUT2D eigenvalue weighted by atomic mass is 9.84. The van der Waals surface area contributed by atoms with Crippen molar-refractivity contribution >= 4 is 66.5 Å². The minimum atomic E-state index is -0.964. The lowest BCUT2D eigenvalue weighted by Gasteiger charge is -2.50. The van der Waals surface area contributed by atoms with Gasteiger partial charge in [0.15, 0.2) is 5.82 Å². The van der Waals surface area contributed by atoms with E-state index in [9.17, 15) is 13.6 Å². The number of halogens is 4. The largest absolute Gasteiger partial charge is 0.461 e. The quantitative estimate of drug-likeness (QED) is 0.195. The van der Waals surface area contributed by atoms with Crippen LogP contribution in [-0.2, 0) is 0 Å². The van der Waals surface area contributed by atoms with E-state index in [0.717, 1.165) is 37.1 Å². The summed E-state index contributed by atoms with van der Waals surface area (Å²) >= 11 is 7.81. The number of carbonyl (C=O) groups excluding carboxylic acids is 1. The summed E-state index contributed by atoms with van der Waals surface area (Å²) in [5, 5.41) is 4.81. The highest BCUT2D eigenvalue weighted by atomic mass is 35.5. The Morgan fingerprint density at radius 3 is 2.79 bits per heavy atom. The summed E-state index contributed by atoms with van der Waals surface area (Å²) in [6, 6.07) is 3.81. The third-order valence-corrected chi connectivity index (χ3v) is 12.6. The highest BCUT2D eigenvalue weighted by Crippen LogP contribution is 2.50. The molecule has 7 heterocycles. The number of rotatable bonds is 5. The Kier molecular flexibility index (Phi) is 7.59. The van der Waals surface area contributed by atoms with Crippen LogP contribution in [0.3, 0.4) is 0 Å². The van der Waals surface area contributed by atoms with Crippen LogP contribution in [0.25, 0.3) is 37.0 Å². The molecule has 0 unspecified atom stereocenters. The average molecular weight is 749 g/mol. The van der Waals surface area contributed by atoms with Crippen molar-refractivity contribution in [2.75, 3.05) is 50.0 Å². The molecular weight excluding hydrogens is 717 g/mol. The zero-order valence-corrected chi connectivity index (χ0v) is 29.6. The number of thiophene rings is 1. The molecule has 0 bridgehead atoms. The van der Waals surface area contributed by atoms with Gasteiger partial charge in [-0.25, -0.2) is 27.8 Å². The maximum absolute atomic E-state index is 17.2. The third kappa shape index (κ3) is 4.92. The first kappa shape index (κ1) is 33.1. The number of benzene rings is 2. The van der Waals surface area contributed by atoms with E-state index in [1.807, 2.05) is 4.90 Å². The summed E-state index contributed by atoms with van der Waals surface area (Å²) in [6.07, 6.45) is 3.84. The second kappa shape index (κ2) is 11.9. The van der Waals surface area contributed by atoms with Crippen LogP contribution in [0.2, 0.25) is 5.02 Å². The number of anilines is 2. The maximum Gasteiger partial charge on any atom is 0.346 e. The predicted molar refractivity (Wildman–Crippen MR) is 191 cm³/mol. The van der Waals surface area contributed by atoms with E-state index in [2.05, 4.69) is 24.8 Å². The first-order chi connectivity index (χ1) is 25.0. The number of hydrogen-bond donors (Lipinski definition) is 1. The molecule has 0 saturated carbocycles. The van der Waals surface area contributed by atoms with Crippen LogP contribution in [0, 0.1) is 25.1 Å². The fourth-order valence-corrected chi connectivity index (χ4v) is 9.95. The summed E-state index contributed by atoms with van der Waals surface area (Å²) in [5.74, 6) is -0.521. The molecule has 2 aromatic carbocycles. The van der Waals surface area contributed by atoms with Crippen LogP contribution in [0.4, 0.5) is 34.5 Å². The molecule has 3 atom stereocenters. The zero-order chi connectivity index (χ0) is 36.1. The van der Waals surface area contributed by atoms with E-state index in [-0.39, 0.29) is 61.1 Å². The highest BCUT2D eigenvalue weighted by Gasteiger charge is 2.53. The Balaban J connectivity index is 1.15. The second-order valence-corrected chi connectivity index (χ2v) is 15.6. The van der Waals surface area contributed by atoms with E-state index in [4.69, 9.17) is 33.6 Å². The van der Waals surface area contributed by atoms with Gasteiger partial charge in [0.2, 0.25) is 5.69 Å². The van der Waals surface area contributed by atoms with Crippen LogP contribution in [0.15, 0.2) is 24.5 Å². The normalized spacial score (nSPS) is 24.3. The minimum Gasteiger partial charge on any atom is -0.461 e. The van der Waals surface area contributed by atoms with Gasteiger partial charge < -0.3 is 20.3 Å². The van der Waals surface area contributed by atoms with Crippen LogP contribution < -0.4 is 15.4 Å². The highest BCUT2D eigenvalue weighted by molar-refractivity contribution is 7.23. The molecule has 2 N–H and O–H groups in total. The number of nitrogens with two attached hydrogens (primary N) is 1. The Labute approximate surface area is 304 Å². The van der Waals surface area contributed by atoms with Crippen molar-refractivity contribution in [2.45, 2.75) is 56.3 Å². The molecule has 52 heavy (non-hydrogen) atoms. The molecule has 268 valence electrons. The van der Waals surface area contributed by atoms with Crippen molar-refractivity contribution in [1.82, 2.24) is 34.5 Å². The van der Waals surface area contributed by atoms with E-state index in [0.29, 0.717) is 56.0 Å². The molecule has 3 aromatic heterocycles. The first-order valence-electron chi connectivity index (χ1n) is 17.1. The number of nitrogen functional groups attached to an aromatic ring is 1. The van der Waals surface area contributed by atoms with Gasteiger partial charge in [0.25, 0.3) is 0 Å². The van der Waals surface area contributed by atoms with Gasteiger partial charge in [-0.1, -0.05) is 17.7 Å². The van der Waals surface area contributed by atoms with Crippen LogP contribution in [-0.4, -0.2) is 97.1 Å². The number of carbonyl (C=O) groups is 1. The fourth-order valence-electron chi connectivity index (χ4n) is 8.71. The van der Waals surface area contributed by atoms with Gasteiger partial charge in [-0.3, -0.25) is 4.90 Å². The summed E-state index contributed by atoms with van der Waals surface area (Å²) in [5.41, 5.74) is 5.17.